The molecule has 1 aliphatic rings. The van der Waals surface area contributed by atoms with Crippen LogP contribution < -0.4 is 10.6 Å². The van der Waals surface area contributed by atoms with E-state index in [-0.39, 0.29) is 12.1 Å². The van der Waals surface area contributed by atoms with E-state index in [0.29, 0.717) is 41.8 Å². The van der Waals surface area contributed by atoms with Crippen molar-refractivity contribution in [2.45, 2.75) is 19.2 Å². The SMILES string of the molecule is N#Cc1cccc(CNC(=O)NCC2CN(Cc3ccc(Cl)c(Cl)c3)CCO2)c1. The second-order valence-electron chi connectivity index (χ2n) is 6.85. The first kappa shape index (κ1) is 21.4. The lowest BCUT2D eigenvalue weighted by Gasteiger charge is -2.33. The number of hydrogen-bond donors (Lipinski definition) is 2. The summed E-state index contributed by atoms with van der Waals surface area (Å²) in [7, 11) is 0. The summed E-state index contributed by atoms with van der Waals surface area (Å²) < 4.78 is 5.76. The number of morpholine rings is 1. The van der Waals surface area contributed by atoms with E-state index in [1.54, 1.807) is 24.3 Å². The summed E-state index contributed by atoms with van der Waals surface area (Å²) >= 11 is 12.1. The number of hydrogen-bond acceptors (Lipinski definition) is 4. The van der Waals surface area contributed by atoms with Crippen molar-refractivity contribution in [3.05, 3.63) is 69.2 Å². The highest BCUT2D eigenvalue weighted by Crippen LogP contribution is 2.23. The Labute approximate surface area is 180 Å². The van der Waals surface area contributed by atoms with E-state index in [1.807, 2.05) is 18.2 Å². The van der Waals surface area contributed by atoms with Gasteiger partial charge in [-0.15, -0.1) is 0 Å². The van der Waals surface area contributed by atoms with Gasteiger partial charge in [-0.2, -0.15) is 5.26 Å². The Bertz CT molecular complexity index is 900. The molecule has 3 rings (SSSR count). The molecule has 1 heterocycles. The van der Waals surface area contributed by atoms with Crippen molar-refractivity contribution in [3.8, 4) is 6.07 Å². The van der Waals surface area contributed by atoms with Gasteiger partial charge in [0, 0.05) is 32.7 Å². The zero-order valence-corrected chi connectivity index (χ0v) is 17.3. The molecule has 0 bridgehead atoms. The number of carbonyl (C=O) groups is 1. The molecule has 2 N–H and O–H groups in total. The molecule has 1 atom stereocenters. The van der Waals surface area contributed by atoms with Gasteiger partial charge in [-0.3, -0.25) is 4.90 Å². The molecule has 1 unspecified atom stereocenters. The lowest BCUT2D eigenvalue weighted by molar-refractivity contribution is -0.0287. The van der Waals surface area contributed by atoms with Gasteiger partial charge in [-0.1, -0.05) is 41.4 Å². The molecule has 0 saturated carbocycles. The predicted molar refractivity (Wildman–Crippen MR) is 113 cm³/mol. The van der Waals surface area contributed by atoms with Crippen LogP contribution in [0, 0.1) is 11.3 Å². The molecule has 0 aromatic heterocycles. The van der Waals surface area contributed by atoms with Crippen LogP contribution in [0.1, 0.15) is 16.7 Å². The second-order valence-corrected chi connectivity index (χ2v) is 7.67. The van der Waals surface area contributed by atoms with Gasteiger partial charge >= 0.3 is 6.03 Å². The van der Waals surface area contributed by atoms with Crippen LogP contribution in [0.15, 0.2) is 42.5 Å². The number of amides is 2. The smallest absolute Gasteiger partial charge is 0.315 e. The Morgan fingerprint density at radius 1 is 1.17 bits per heavy atom. The maximum absolute atomic E-state index is 12.1. The number of nitriles is 1. The number of carbonyl (C=O) groups excluding carboxylic acids is 1. The van der Waals surface area contributed by atoms with Crippen LogP contribution >= 0.6 is 23.2 Å². The molecular weight excluding hydrogens is 411 g/mol. The van der Waals surface area contributed by atoms with Crippen LogP contribution in [-0.4, -0.2) is 43.3 Å². The van der Waals surface area contributed by atoms with Crippen molar-refractivity contribution in [3.63, 3.8) is 0 Å². The van der Waals surface area contributed by atoms with Crippen LogP contribution in [0.2, 0.25) is 10.0 Å². The van der Waals surface area contributed by atoms with Crippen LogP contribution in [0.4, 0.5) is 4.79 Å². The maximum atomic E-state index is 12.1. The largest absolute Gasteiger partial charge is 0.374 e. The molecule has 29 heavy (non-hydrogen) atoms. The molecular formula is C21H22Cl2N4O2. The van der Waals surface area contributed by atoms with Crippen molar-refractivity contribution < 1.29 is 9.53 Å². The predicted octanol–water partition coefficient (Wildman–Crippen LogP) is 3.57. The van der Waals surface area contributed by atoms with Gasteiger partial charge < -0.3 is 15.4 Å². The fourth-order valence-corrected chi connectivity index (χ4v) is 3.47. The highest BCUT2D eigenvalue weighted by atomic mass is 35.5. The van der Waals surface area contributed by atoms with Gasteiger partial charge in [-0.25, -0.2) is 4.79 Å². The molecule has 8 heteroatoms. The van der Waals surface area contributed by atoms with Gasteiger partial charge in [0.25, 0.3) is 0 Å². The van der Waals surface area contributed by atoms with E-state index in [1.165, 1.54) is 0 Å². The number of nitrogens with zero attached hydrogens (tertiary/aromatic N) is 2. The number of benzene rings is 2. The van der Waals surface area contributed by atoms with E-state index >= 15 is 0 Å². The average molecular weight is 433 g/mol. The molecule has 6 nitrogen and oxygen atoms in total. The Morgan fingerprint density at radius 3 is 2.83 bits per heavy atom. The van der Waals surface area contributed by atoms with Gasteiger partial charge in [0.15, 0.2) is 0 Å². The molecule has 2 aromatic carbocycles. The van der Waals surface area contributed by atoms with E-state index < -0.39 is 0 Å². The van der Waals surface area contributed by atoms with Crippen LogP contribution in [0.3, 0.4) is 0 Å². The van der Waals surface area contributed by atoms with Gasteiger partial charge in [0.2, 0.25) is 0 Å². The summed E-state index contributed by atoms with van der Waals surface area (Å²) in [5.41, 5.74) is 2.54. The zero-order chi connectivity index (χ0) is 20.6. The molecule has 2 aromatic rings. The number of halogens is 2. The molecule has 0 aliphatic carbocycles. The third kappa shape index (κ3) is 6.62. The van der Waals surface area contributed by atoms with Crippen molar-refractivity contribution in [1.82, 2.24) is 15.5 Å². The minimum absolute atomic E-state index is 0.0841. The minimum atomic E-state index is -0.266. The first-order chi connectivity index (χ1) is 14.0. The molecule has 0 spiro atoms. The Morgan fingerprint density at radius 2 is 2.03 bits per heavy atom. The van der Waals surface area contributed by atoms with Gasteiger partial charge in [0.05, 0.1) is 34.4 Å². The van der Waals surface area contributed by atoms with E-state index in [9.17, 15) is 4.79 Å². The summed E-state index contributed by atoms with van der Waals surface area (Å²) in [5.74, 6) is 0. The van der Waals surface area contributed by atoms with Crippen molar-refractivity contribution in [1.29, 1.82) is 5.26 Å². The van der Waals surface area contributed by atoms with Crippen molar-refractivity contribution in [2.75, 3.05) is 26.2 Å². The zero-order valence-electron chi connectivity index (χ0n) is 15.8. The van der Waals surface area contributed by atoms with Crippen LogP contribution in [0.5, 0.6) is 0 Å². The van der Waals surface area contributed by atoms with Crippen molar-refractivity contribution >= 4 is 29.2 Å². The molecule has 0 radical (unpaired) electrons. The third-order valence-corrected chi connectivity index (χ3v) is 5.35. The summed E-state index contributed by atoms with van der Waals surface area (Å²) in [6.45, 7) is 3.66. The highest BCUT2D eigenvalue weighted by molar-refractivity contribution is 6.42. The molecule has 1 aliphatic heterocycles. The molecule has 1 fully saturated rings. The number of urea groups is 1. The van der Waals surface area contributed by atoms with Crippen LogP contribution in [-0.2, 0) is 17.8 Å². The normalized spacial score (nSPS) is 16.8. The van der Waals surface area contributed by atoms with E-state index in [2.05, 4.69) is 21.6 Å². The van der Waals surface area contributed by atoms with Gasteiger partial charge in [0.1, 0.15) is 0 Å². The topological polar surface area (TPSA) is 77.4 Å². The Balaban J connectivity index is 1.42. The fourth-order valence-electron chi connectivity index (χ4n) is 3.15. The molecule has 1 saturated heterocycles. The summed E-state index contributed by atoms with van der Waals surface area (Å²) in [6.07, 6.45) is -0.0841. The monoisotopic (exact) mass is 432 g/mol. The summed E-state index contributed by atoms with van der Waals surface area (Å²) in [4.78, 5) is 14.3. The first-order valence-electron chi connectivity index (χ1n) is 9.32. The summed E-state index contributed by atoms with van der Waals surface area (Å²) in [5, 5.41) is 15.7. The molecule has 152 valence electrons. The second kappa shape index (κ2) is 10.5. The number of rotatable bonds is 6. The lowest BCUT2D eigenvalue weighted by Crippen LogP contribution is -2.48. The van der Waals surface area contributed by atoms with Gasteiger partial charge in [-0.05, 0) is 35.4 Å². The number of ether oxygens (including phenoxy) is 1. The van der Waals surface area contributed by atoms with E-state index in [0.717, 1.165) is 24.2 Å². The highest BCUT2D eigenvalue weighted by Gasteiger charge is 2.21. The van der Waals surface area contributed by atoms with Crippen LogP contribution in [0.25, 0.3) is 0 Å². The maximum Gasteiger partial charge on any atom is 0.315 e. The van der Waals surface area contributed by atoms with Crippen molar-refractivity contribution in [2.24, 2.45) is 0 Å². The molecule has 2 amide bonds. The minimum Gasteiger partial charge on any atom is -0.374 e. The average Bonchev–Trinajstić information content (AvgIpc) is 2.74. The Hall–Kier alpha value is -2.30. The first-order valence-corrected chi connectivity index (χ1v) is 10.1. The quantitative estimate of drug-likeness (QED) is 0.731. The lowest BCUT2D eigenvalue weighted by atomic mass is 10.1. The van der Waals surface area contributed by atoms with E-state index in [4.69, 9.17) is 33.2 Å². The fraction of sp³-hybridized carbons (Fsp3) is 0.333. The summed E-state index contributed by atoms with van der Waals surface area (Å²) in [6, 6.07) is 14.6. The number of nitrogens with one attached hydrogen (secondary N) is 2. The standard InChI is InChI=1S/C21H22Cl2N4O2/c22-19-5-4-17(9-20(19)23)13-27-6-7-29-18(14-27)12-26-21(28)25-11-16-3-1-2-15(8-16)10-24/h1-5,8-9,18H,6-7,11-14H2,(H2,25,26,28). The third-order valence-electron chi connectivity index (χ3n) is 4.61. The Kier molecular flexibility index (Phi) is 7.73.